The summed E-state index contributed by atoms with van der Waals surface area (Å²) in [6.45, 7) is 4.42. The lowest BCUT2D eigenvalue weighted by atomic mass is 10.4. The molecule has 1 unspecified atom stereocenters. The van der Waals surface area contributed by atoms with Crippen LogP contribution in [-0.4, -0.2) is 31.4 Å². The minimum Gasteiger partial charge on any atom is -0.463 e. The maximum absolute atomic E-state index is 11.3. The highest BCUT2D eigenvalue weighted by Gasteiger charge is 2.19. The van der Waals surface area contributed by atoms with Crippen LogP contribution in [0.25, 0.3) is 0 Å². The smallest absolute Gasteiger partial charge is 0.358 e. The second-order valence-electron chi connectivity index (χ2n) is 2.88. The monoisotopic (exact) mass is 217 g/mol. The standard InChI is InChI=1S/C9H19N3O3/c1-3-5-6-15-7(12-9(10)11)8(13)14-4-2/h7H,3-6H2,1-2H3,(H4,10,11,12). The van der Waals surface area contributed by atoms with Crippen molar-refractivity contribution in [1.29, 1.82) is 0 Å². The highest BCUT2D eigenvalue weighted by atomic mass is 16.6. The van der Waals surface area contributed by atoms with E-state index in [1.54, 1.807) is 6.92 Å². The van der Waals surface area contributed by atoms with E-state index in [-0.39, 0.29) is 12.6 Å². The van der Waals surface area contributed by atoms with Crippen LogP contribution in [0.5, 0.6) is 0 Å². The van der Waals surface area contributed by atoms with Crippen molar-refractivity contribution in [2.45, 2.75) is 32.9 Å². The van der Waals surface area contributed by atoms with Crippen LogP contribution in [-0.2, 0) is 14.3 Å². The highest BCUT2D eigenvalue weighted by Crippen LogP contribution is 2.00. The second kappa shape index (κ2) is 8.05. The van der Waals surface area contributed by atoms with Crippen molar-refractivity contribution < 1.29 is 14.3 Å². The Bertz CT molecular complexity index is 215. The summed E-state index contributed by atoms with van der Waals surface area (Å²) in [6, 6.07) is 0. The van der Waals surface area contributed by atoms with E-state index in [1.807, 2.05) is 6.92 Å². The van der Waals surface area contributed by atoms with E-state index in [4.69, 9.17) is 20.9 Å². The van der Waals surface area contributed by atoms with E-state index in [0.29, 0.717) is 6.61 Å². The first kappa shape index (κ1) is 13.7. The molecule has 0 aliphatic heterocycles. The molecule has 0 aromatic carbocycles. The van der Waals surface area contributed by atoms with Gasteiger partial charge in [-0.05, 0) is 13.3 Å². The third-order valence-corrected chi connectivity index (χ3v) is 1.53. The minimum atomic E-state index is -1.04. The molecular formula is C9H19N3O3. The fourth-order valence-corrected chi connectivity index (χ4v) is 0.846. The summed E-state index contributed by atoms with van der Waals surface area (Å²) in [5, 5.41) is 0. The normalized spacial score (nSPS) is 11.9. The zero-order chi connectivity index (χ0) is 11.7. The lowest BCUT2D eigenvalue weighted by Gasteiger charge is -2.12. The number of nitrogens with zero attached hydrogens (tertiary/aromatic N) is 1. The molecule has 0 rings (SSSR count). The van der Waals surface area contributed by atoms with Gasteiger partial charge in [-0.2, -0.15) is 0 Å². The zero-order valence-corrected chi connectivity index (χ0v) is 9.23. The summed E-state index contributed by atoms with van der Waals surface area (Å²) < 4.78 is 9.94. The average Bonchev–Trinajstić information content (AvgIpc) is 2.16. The summed E-state index contributed by atoms with van der Waals surface area (Å²) in [6.07, 6.45) is 0.772. The number of carbonyl (C=O) groups is 1. The molecule has 0 spiro atoms. The number of nitrogens with two attached hydrogens (primary N) is 2. The fourth-order valence-electron chi connectivity index (χ4n) is 0.846. The lowest BCUT2D eigenvalue weighted by Crippen LogP contribution is -2.32. The maximum Gasteiger partial charge on any atom is 0.358 e. The third-order valence-electron chi connectivity index (χ3n) is 1.53. The molecule has 0 saturated carbocycles. The van der Waals surface area contributed by atoms with Crippen LogP contribution in [0.15, 0.2) is 4.99 Å². The molecule has 0 aliphatic carbocycles. The predicted octanol–water partition coefficient (Wildman–Crippen LogP) is -0.0343. The van der Waals surface area contributed by atoms with Crippen molar-refractivity contribution in [2.24, 2.45) is 16.5 Å². The number of hydrogen-bond acceptors (Lipinski definition) is 4. The van der Waals surface area contributed by atoms with Gasteiger partial charge in [0.25, 0.3) is 6.23 Å². The zero-order valence-electron chi connectivity index (χ0n) is 9.23. The Morgan fingerprint density at radius 3 is 2.53 bits per heavy atom. The van der Waals surface area contributed by atoms with Gasteiger partial charge in [-0.3, -0.25) is 0 Å². The SMILES string of the molecule is CCCCOC(N=C(N)N)C(=O)OCC. The number of hydrogen-bond donors (Lipinski definition) is 2. The molecule has 6 nitrogen and oxygen atoms in total. The van der Waals surface area contributed by atoms with E-state index < -0.39 is 12.2 Å². The molecule has 88 valence electrons. The van der Waals surface area contributed by atoms with Gasteiger partial charge >= 0.3 is 5.97 Å². The number of esters is 1. The molecular weight excluding hydrogens is 198 g/mol. The van der Waals surface area contributed by atoms with E-state index in [9.17, 15) is 4.79 Å². The van der Waals surface area contributed by atoms with Crippen LogP contribution in [0, 0.1) is 0 Å². The molecule has 4 N–H and O–H groups in total. The van der Waals surface area contributed by atoms with Crippen LogP contribution in [0.3, 0.4) is 0 Å². The fraction of sp³-hybridized carbons (Fsp3) is 0.778. The predicted molar refractivity (Wildman–Crippen MR) is 57.1 cm³/mol. The Balaban J connectivity index is 4.18. The molecule has 15 heavy (non-hydrogen) atoms. The topological polar surface area (TPSA) is 99.9 Å². The molecule has 0 amide bonds. The Kier molecular flexibility index (Phi) is 7.35. The summed E-state index contributed by atoms with van der Waals surface area (Å²) in [4.78, 5) is 15.0. The van der Waals surface area contributed by atoms with E-state index in [1.165, 1.54) is 0 Å². The van der Waals surface area contributed by atoms with Crippen LogP contribution >= 0.6 is 0 Å². The Morgan fingerprint density at radius 2 is 2.07 bits per heavy atom. The Hall–Kier alpha value is -1.30. The van der Waals surface area contributed by atoms with Gasteiger partial charge in [0.15, 0.2) is 5.96 Å². The molecule has 0 radical (unpaired) electrons. The van der Waals surface area contributed by atoms with Gasteiger partial charge in [0.1, 0.15) is 0 Å². The van der Waals surface area contributed by atoms with E-state index in [2.05, 4.69) is 4.99 Å². The van der Waals surface area contributed by atoms with E-state index >= 15 is 0 Å². The average molecular weight is 217 g/mol. The maximum atomic E-state index is 11.3. The Morgan fingerprint density at radius 1 is 1.40 bits per heavy atom. The van der Waals surface area contributed by atoms with Gasteiger partial charge in [-0.25, -0.2) is 9.79 Å². The van der Waals surface area contributed by atoms with Gasteiger partial charge in [-0.1, -0.05) is 13.3 Å². The van der Waals surface area contributed by atoms with Crippen molar-refractivity contribution in [1.82, 2.24) is 0 Å². The largest absolute Gasteiger partial charge is 0.463 e. The Labute approximate surface area is 89.6 Å². The molecule has 0 saturated heterocycles. The first-order valence-corrected chi connectivity index (χ1v) is 4.98. The van der Waals surface area contributed by atoms with Crippen molar-refractivity contribution >= 4 is 11.9 Å². The number of ether oxygens (including phenoxy) is 2. The molecule has 1 atom stereocenters. The molecule has 0 heterocycles. The second-order valence-corrected chi connectivity index (χ2v) is 2.88. The molecule has 0 aromatic heterocycles. The number of guanidine groups is 1. The lowest BCUT2D eigenvalue weighted by molar-refractivity contribution is -0.156. The van der Waals surface area contributed by atoms with Gasteiger partial charge in [0.2, 0.25) is 0 Å². The third kappa shape index (κ3) is 6.73. The summed E-state index contributed by atoms with van der Waals surface area (Å²) >= 11 is 0. The molecule has 0 aromatic rings. The molecule has 0 aliphatic rings. The highest BCUT2D eigenvalue weighted by molar-refractivity contribution is 5.81. The quantitative estimate of drug-likeness (QED) is 0.270. The van der Waals surface area contributed by atoms with Crippen molar-refractivity contribution in [2.75, 3.05) is 13.2 Å². The van der Waals surface area contributed by atoms with Crippen molar-refractivity contribution in [3.8, 4) is 0 Å². The van der Waals surface area contributed by atoms with Gasteiger partial charge in [0, 0.05) is 6.61 Å². The van der Waals surface area contributed by atoms with Gasteiger partial charge < -0.3 is 20.9 Å². The number of carbonyl (C=O) groups excluding carboxylic acids is 1. The number of aliphatic imine (C=N–C) groups is 1. The van der Waals surface area contributed by atoms with Crippen LogP contribution < -0.4 is 11.5 Å². The van der Waals surface area contributed by atoms with Crippen LogP contribution in [0.1, 0.15) is 26.7 Å². The minimum absolute atomic E-state index is 0.190. The van der Waals surface area contributed by atoms with Gasteiger partial charge in [-0.15, -0.1) is 0 Å². The van der Waals surface area contributed by atoms with Crippen LogP contribution in [0.2, 0.25) is 0 Å². The number of rotatable bonds is 7. The van der Waals surface area contributed by atoms with E-state index in [0.717, 1.165) is 12.8 Å². The van der Waals surface area contributed by atoms with Crippen molar-refractivity contribution in [3.05, 3.63) is 0 Å². The molecule has 0 fully saturated rings. The molecule has 6 heteroatoms. The van der Waals surface area contributed by atoms with Crippen LogP contribution in [0.4, 0.5) is 0 Å². The van der Waals surface area contributed by atoms with Crippen molar-refractivity contribution in [3.63, 3.8) is 0 Å². The molecule has 0 bridgehead atoms. The summed E-state index contributed by atoms with van der Waals surface area (Å²) in [5.41, 5.74) is 10.3. The first-order chi connectivity index (χ1) is 7.11. The summed E-state index contributed by atoms with van der Waals surface area (Å²) in [5.74, 6) is -0.758. The number of unbranched alkanes of at least 4 members (excludes halogenated alkanes) is 1. The summed E-state index contributed by atoms with van der Waals surface area (Å²) in [7, 11) is 0. The van der Waals surface area contributed by atoms with Gasteiger partial charge in [0.05, 0.1) is 6.61 Å². The first-order valence-electron chi connectivity index (χ1n) is 4.98.